The molecule has 2 fully saturated rings. The molecular formula is C42H71NO11. The summed E-state index contributed by atoms with van der Waals surface area (Å²) in [5.74, 6) is -2.26. The summed E-state index contributed by atoms with van der Waals surface area (Å²) < 4.78 is 43.5. The highest BCUT2D eigenvalue weighted by atomic mass is 16.7. The summed E-state index contributed by atoms with van der Waals surface area (Å²) in [5.41, 5.74) is 0.789. The Bertz CT molecular complexity index is 1260. The molecule has 0 saturated carbocycles. The third kappa shape index (κ3) is 11.8. The van der Waals surface area contributed by atoms with Crippen molar-refractivity contribution in [3.05, 3.63) is 23.8 Å². The Morgan fingerprint density at radius 3 is 2.09 bits per heavy atom. The second-order valence-corrected chi connectivity index (χ2v) is 16.5. The van der Waals surface area contributed by atoms with Crippen molar-refractivity contribution in [1.82, 2.24) is 4.90 Å². The molecule has 3 aliphatic rings. The van der Waals surface area contributed by atoms with E-state index in [-0.39, 0.29) is 67.3 Å². The molecule has 3 heterocycles. The fraction of sp³-hybridized carbons (Fsp3) is 0.833. The van der Waals surface area contributed by atoms with Crippen LogP contribution in [0.5, 0.6) is 0 Å². The van der Waals surface area contributed by atoms with Crippen LogP contribution in [0.1, 0.15) is 88.0 Å². The van der Waals surface area contributed by atoms with Crippen molar-refractivity contribution < 1.29 is 52.6 Å². The molecule has 17 atom stereocenters. The number of carbonyl (C=O) groups is 3. The minimum absolute atomic E-state index is 0.0378. The van der Waals surface area contributed by atoms with Gasteiger partial charge in [0.15, 0.2) is 18.4 Å². The summed E-state index contributed by atoms with van der Waals surface area (Å²) in [7, 11) is 7.33. The van der Waals surface area contributed by atoms with Gasteiger partial charge in [0.25, 0.3) is 0 Å². The van der Waals surface area contributed by atoms with Crippen molar-refractivity contribution in [1.29, 1.82) is 0 Å². The molecule has 1 N–H and O–H groups in total. The molecule has 12 heteroatoms. The van der Waals surface area contributed by atoms with Gasteiger partial charge in [-0.05, 0) is 65.6 Å². The van der Waals surface area contributed by atoms with Gasteiger partial charge in [-0.25, -0.2) is 0 Å². The number of cyclic esters (lactones) is 1. The van der Waals surface area contributed by atoms with Gasteiger partial charge in [0, 0.05) is 56.3 Å². The van der Waals surface area contributed by atoms with Crippen molar-refractivity contribution in [3.8, 4) is 0 Å². The lowest BCUT2D eigenvalue weighted by Gasteiger charge is -2.48. The smallest absolute Gasteiger partial charge is 0.308 e. The minimum atomic E-state index is -1.16. The fourth-order valence-corrected chi connectivity index (χ4v) is 8.72. The molecule has 0 aromatic rings. The van der Waals surface area contributed by atoms with Gasteiger partial charge in [0.2, 0.25) is 0 Å². The monoisotopic (exact) mass is 766 g/mol. The van der Waals surface area contributed by atoms with Crippen molar-refractivity contribution in [2.45, 2.75) is 149 Å². The molecule has 0 amide bonds. The van der Waals surface area contributed by atoms with Crippen LogP contribution in [-0.2, 0) is 47.5 Å². The van der Waals surface area contributed by atoms with Crippen LogP contribution in [0.15, 0.2) is 23.8 Å². The highest BCUT2D eigenvalue weighted by Gasteiger charge is 2.46. The van der Waals surface area contributed by atoms with E-state index >= 15 is 0 Å². The number of aliphatic hydroxyl groups excluding tert-OH is 1. The number of hydrogen-bond donors (Lipinski definition) is 1. The van der Waals surface area contributed by atoms with Crippen molar-refractivity contribution in [2.24, 2.45) is 41.4 Å². The number of methoxy groups -OCH3 is 2. The van der Waals surface area contributed by atoms with E-state index in [9.17, 15) is 19.5 Å². The zero-order valence-electron chi connectivity index (χ0n) is 35.1. The summed E-state index contributed by atoms with van der Waals surface area (Å²) >= 11 is 0. The number of rotatable bonds is 11. The number of esters is 1. The van der Waals surface area contributed by atoms with Gasteiger partial charge in [-0.2, -0.15) is 0 Å². The Balaban J connectivity index is 1.96. The normalized spacial score (nSPS) is 43.6. The molecule has 12 nitrogen and oxygen atoms in total. The van der Waals surface area contributed by atoms with Crippen LogP contribution >= 0.6 is 0 Å². The van der Waals surface area contributed by atoms with Gasteiger partial charge < -0.3 is 48.0 Å². The number of ketones is 1. The molecule has 0 radical (unpaired) electrons. The van der Waals surface area contributed by atoms with Crippen LogP contribution in [0.25, 0.3) is 0 Å². The second-order valence-electron chi connectivity index (χ2n) is 16.5. The van der Waals surface area contributed by atoms with Gasteiger partial charge in [-0.1, -0.05) is 59.3 Å². The van der Waals surface area contributed by atoms with Gasteiger partial charge in [0.05, 0.1) is 43.5 Å². The van der Waals surface area contributed by atoms with E-state index in [0.29, 0.717) is 12.8 Å². The Kier molecular flexibility index (Phi) is 18.4. The standard InChI is InChI=1S/C42H71NO11/c1-14-35-32(22-50-42-40(49-13)39(48-12)26(5)30(9)52-42)19-23(2)15-16-33(45)24(3)20-31(17-18-44)38(27(6)34(46)21-36(47)53-35)54-41-28(7)37(43(10)11)25(4)29(8)51-41/h15-16,18-19,24-32,34-35,37-42,46H,14,17,20-22H2,1-13H3/b16-15+,23-19+/t24-,25-,26-,27+,28-,29-,30-,31+,32-,34-,35-,37+,38-,39-,40-,41+,42-/m1/s1. The third-order valence-electron chi connectivity index (χ3n) is 12.3. The molecule has 2 saturated heterocycles. The first kappa shape index (κ1) is 46.4. The van der Waals surface area contributed by atoms with Gasteiger partial charge in [-0.15, -0.1) is 0 Å². The molecule has 0 unspecified atom stereocenters. The lowest BCUT2D eigenvalue weighted by molar-refractivity contribution is -0.292. The van der Waals surface area contributed by atoms with Crippen molar-refractivity contribution in [2.75, 3.05) is 34.9 Å². The SMILES string of the molecule is CC[C@H]1OC(=O)C[C@@H](O)[C@H](C)[C@@H](O[C@@H]2O[C@H](C)[C@@H](C)[C@H](N(C)C)[C@H]2C)[C@@H](CC=O)C[C@@H](C)C(=O)/C=C/C(C)=C/[C@@H]1CO[C@@H]1O[C@H](C)[C@@H](C)[C@@H](OC)[C@H]1OC. The molecule has 0 aromatic heterocycles. The minimum Gasteiger partial charge on any atom is -0.462 e. The van der Waals surface area contributed by atoms with Crippen LogP contribution < -0.4 is 0 Å². The molecule has 3 aliphatic heterocycles. The van der Waals surface area contributed by atoms with E-state index in [1.165, 1.54) is 0 Å². The Morgan fingerprint density at radius 1 is 0.870 bits per heavy atom. The fourth-order valence-electron chi connectivity index (χ4n) is 8.72. The average Bonchev–Trinajstić information content (AvgIpc) is 3.12. The van der Waals surface area contributed by atoms with E-state index < -0.39 is 66.6 Å². The first-order chi connectivity index (χ1) is 25.5. The van der Waals surface area contributed by atoms with Crippen molar-refractivity contribution in [3.63, 3.8) is 0 Å². The van der Waals surface area contributed by atoms with E-state index in [1.54, 1.807) is 26.4 Å². The predicted octanol–water partition coefficient (Wildman–Crippen LogP) is 5.39. The maximum atomic E-state index is 13.7. The summed E-state index contributed by atoms with van der Waals surface area (Å²) in [5, 5.41) is 11.7. The topological polar surface area (TPSA) is 139 Å². The van der Waals surface area contributed by atoms with Crippen LogP contribution in [0.2, 0.25) is 0 Å². The van der Waals surface area contributed by atoms with Gasteiger partial charge in [-0.3, -0.25) is 9.59 Å². The number of aldehydes is 1. The van der Waals surface area contributed by atoms with E-state index in [1.807, 2.05) is 68.6 Å². The van der Waals surface area contributed by atoms with E-state index in [4.69, 9.17) is 33.2 Å². The highest BCUT2D eigenvalue weighted by molar-refractivity contribution is 5.91. The van der Waals surface area contributed by atoms with Gasteiger partial charge >= 0.3 is 5.97 Å². The summed E-state index contributed by atoms with van der Waals surface area (Å²) in [6.07, 6.45) is 1.97. The predicted molar refractivity (Wildman–Crippen MR) is 205 cm³/mol. The lowest BCUT2D eigenvalue weighted by atomic mass is 9.79. The Hall–Kier alpha value is -2.03. The number of carbonyl (C=O) groups excluding carboxylic acids is 3. The largest absolute Gasteiger partial charge is 0.462 e. The maximum Gasteiger partial charge on any atom is 0.308 e. The summed E-state index contributed by atoms with van der Waals surface area (Å²) in [6, 6.07) is 0.160. The van der Waals surface area contributed by atoms with Crippen LogP contribution in [0.3, 0.4) is 0 Å². The molecule has 0 bridgehead atoms. The summed E-state index contributed by atoms with van der Waals surface area (Å²) in [4.78, 5) is 41.6. The van der Waals surface area contributed by atoms with Crippen LogP contribution in [0, 0.1) is 41.4 Å². The molecule has 0 aliphatic carbocycles. The number of hydrogen-bond acceptors (Lipinski definition) is 12. The second kappa shape index (κ2) is 21.5. The molecule has 54 heavy (non-hydrogen) atoms. The van der Waals surface area contributed by atoms with Gasteiger partial charge in [0.1, 0.15) is 18.5 Å². The third-order valence-corrected chi connectivity index (χ3v) is 12.3. The zero-order chi connectivity index (χ0) is 40.4. The highest BCUT2D eigenvalue weighted by Crippen LogP contribution is 2.38. The van der Waals surface area contributed by atoms with E-state index in [0.717, 1.165) is 11.9 Å². The molecular weight excluding hydrogens is 694 g/mol. The zero-order valence-corrected chi connectivity index (χ0v) is 35.1. The Morgan fingerprint density at radius 2 is 1.50 bits per heavy atom. The number of aliphatic hydroxyl groups is 1. The Labute approximate surface area is 324 Å². The van der Waals surface area contributed by atoms with Crippen LogP contribution in [0.4, 0.5) is 0 Å². The summed E-state index contributed by atoms with van der Waals surface area (Å²) in [6.45, 7) is 17.9. The quantitative estimate of drug-likeness (QED) is 0.213. The molecule has 3 rings (SSSR count). The molecule has 0 aromatic carbocycles. The number of allylic oxidation sites excluding steroid dienone is 3. The lowest BCUT2D eigenvalue weighted by Crippen LogP contribution is -2.56. The average molecular weight is 766 g/mol. The van der Waals surface area contributed by atoms with E-state index in [2.05, 4.69) is 18.7 Å². The molecule has 0 spiro atoms. The van der Waals surface area contributed by atoms with Crippen LogP contribution in [-0.4, -0.2) is 124 Å². The number of ether oxygens (including phenoxy) is 7. The first-order valence-corrected chi connectivity index (χ1v) is 20.0. The number of nitrogens with zero attached hydrogens (tertiary/aromatic N) is 1. The molecule has 310 valence electrons. The first-order valence-electron chi connectivity index (χ1n) is 20.0. The van der Waals surface area contributed by atoms with Crippen molar-refractivity contribution >= 4 is 18.0 Å². The maximum absolute atomic E-state index is 13.7.